The molecule has 0 bridgehead atoms. The number of nitrogens with zero attached hydrogens (tertiary/aromatic N) is 2. The number of halogens is 1. The monoisotopic (exact) mass is 465 g/mol. The second kappa shape index (κ2) is 8.76. The van der Waals surface area contributed by atoms with E-state index < -0.39 is 15.9 Å². The number of sulfonamides is 1. The summed E-state index contributed by atoms with van der Waals surface area (Å²) in [7, 11) is -0.400. The predicted octanol–water partition coefficient (Wildman–Crippen LogP) is 2.77. The maximum atomic E-state index is 12.8. The lowest BCUT2D eigenvalue weighted by atomic mass is 10.1. The molecule has 2 aromatic rings. The van der Waals surface area contributed by atoms with Crippen LogP contribution in [0.3, 0.4) is 0 Å². The van der Waals surface area contributed by atoms with E-state index in [4.69, 9.17) is 16.3 Å². The van der Waals surface area contributed by atoms with E-state index in [0.717, 1.165) is 5.56 Å². The fourth-order valence-electron chi connectivity index (χ4n) is 3.72. The Morgan fingerprint density at radius 3 is 2.61 bits per heavy atom. The zero-order valence-corrected chi connectivity index (χ0v) is 19.2. The molecule has 8 nitrogen and oxygen atoms in total. The average Bonchev–Trinajstić information content (AvgIpc) is 3.02. The van der Waals surface area contributed by atoms with Crippen molar-refractivity contribution in [3.05, 3.63) is 52.5 Å². The van der Waals surface area contributed by atoms with Crippen LogP contribution in [0.4, 0.5) is 11.4 Å². The van der Waals surface area contributed by atoms with Gasteiger partial charge in [0.05, 0.1) is 31.3 Å². The molecule has 1 N–H and O–H groups in total. The Morgan fingerprint density at radius 1 is 1.26 bits per heavy atom. The normalized spacial score (nSPS) is 15.4. The summed E-state index contributed by atoms with van der Waals surface area (Å²) < 4.78 is 30.7. The standard InChI is InChI=1S/C21H24ClN3O5S/c1-13-9-15-10-14(5-7-18(15)25(13)31(4,28)29)21(27)24(2)12-20(26)23-17-11-16(22)6-8-19(17)30-3/h5-8,10-11,13H,9,12H2,1-4H3,(H,23,26). The van der Waals surface area contributed by atoms with Gasteiger partial charge in [-0.2, -0.15) is 0 Å². The number of hydrogen-bond acceptors (Lipinski definition) is 5. The number of likely N-dealkylation sites (N-methyl/N-ethyl adjacent to an activating group) is 1. The van der Waals surface area contributed by atoms with Crippen molar-refractivity contribution in [1.82, 2.24) is 4.90 Å². The zero-order chi connectivity index (χ0) is 22.9. The van der Waals surface area contributed by atoms with Crippen LogP contribution < -0.4 is 14.4 Å². The second-order valence-electron chi connectivity index (χ2n) is 7.51. The molecular weight excluding hydrogens is 442 g/mol. The highest BCUT2D eigenvalue weighted by Gasteiger charge is 2.33. The summed E-state index contributed by atoms with van der Waals surface area (Å²) in [6.45, 7) is 1.64. The number of methoxy groups -OCH3 is 1. The van der Waals surface area contributed by atoms with Crippen molar-refractivity contribution in [3.8, 4) is 5.75 Å². The van der Waals surface area contributed by atoms with Crippen LogP contribution >= 0.6 is 11.6 Å². The molecule has 0 aliphatic carbocycles. The second-order valence-corrected chi connectivity index (χ2v) is 9.81. The molecule has 1 unspecified atom stereocenters. The highest BCUT2D eigenvalue weighted by Crippen LogP contribution is 2.35. The summed E-state index contributed by atoms with van der Waals surface area (Å²) in [4.78, 5) is 26.6. The minimum atomic E-state index is -3.40. The third-order valence-electron chi connectivity index (χ3n) is 5.00. The van der Waals surface area contributed by atoms with Crippen LogP contribution in [0.2, 0.25) is 5.02 Å². The Labute approximate surface area is 186 Å². The van der Waals surface area contributed by atoms with Gasteiger partial charge in [0, 0.05) is 23.7 Å². The maximum Gasteiger partial charge on any atom is 0.254 e. The number of carbonyl (C=O) groups is 2. The van der Waals surface area contributed by atoms with Crippen LogP contribution in [0, 0.1) is 0 Å². The number of benzene rings is 2. The van der Waals surface area contributed by atoms with Gasteiger partial charge in [0.2, 0.25) is 15.9 Å². The number of rotatable bonds is 6. The molecular formula is C21H24ClN3O5S. The Morgan fingerprint density at radius 2 is 1.97 bits per heavy atom. The van der Waals surface area contributed by atoms with Gasteiger partial charge in [-0.3, -0.25) is 13.9 Å². The number of amides is 2. The first kappa shape index (κ1) is 22.9. The van der Waals surface area contributed by atoms with Crippen LogP contribution in [0.5, 0.6) is 5.75 Å². The molecule has 166 valence electrons. The van der Waals surface area contributed by atoms with E-state index in [-0.39, 0.29) is 18.5 Å². The molecule has 31 heavy (non-hydrogen) atoms. The van der Waals surface area contributed by atoms with E-state index in [1.54, 1.807) is 36.4 Å². The van der Waals surface area contributed by atoms with Crippen LogP contribution in [-0.2, 0) is 21.2 Å². The SMILES string of the molecule is COc1ccc(Cl)cc1NC(=O)CN(C)C(=O)c1ccc2c(c1)CC(C)N2S(C)(=O)=O. The average molecular weight is 466 g/mol. The van der Waals surface area contributed by atoms with Crippen molar-refractivity contribution in [2.45, 2.75) is 19.4 Å². The zero-order valence-electron chi connectivity index (χ0n) is 17.7. The van der Waals surface area contributed by atoms with Gasteiger partial charge in [0.1, 0.15) is 5.75 Å². The molecule has 0 saturated carbocycles. The van der Waals surface area contributed by atoms with E-state index in [0.29, 0.717) is 34.1 Å². The topological polar surface area (TPSA) is 96.0 Å². The quantitative estimate of drug-likeness (QED) is 0.707. The number of anilines is 2. The van der Waals surface area contributed by atoms with E-state index in [2.05, 4.69) is 5.32 Å². The van der Waals surface area contributed by atoms with E-state index >= 15 is 0 Å². The van der Waals surface area contributed by atoms with Crippen molar-refractivity contribution in [2.75, 3.05) is 36.6 Å². The summed E-state index contributed by atoms with van der Waals surface area (Å²) >= 11 is 5.98. The maximum absolute atomic E-state index is 12.8. The third-order valence-corrected chi connectivity index (χ3v) is 6.51. The fraction of sp³-hybridized carbons (Fsp3) is 0.333. The number of ether oxygens (including phenoxy) is 1. The van der Waals surface area contributed by atoms with Gasteiger partial charge in [-0.25, -0.2) is 8.42 Å². The molecule has 3 rings (SSSR count). The van der Waals surface area contributed by atoms with E-state index in [1.165, 1.54) is 29.6 Å². The first-order valence-electron chi connectivity index (χ1n) is 9.52. The number of hydrogen-bond donors (Lipinski definition) is 1. The largest absolute Gasteiger partial charge is 0.495 e. The summed E-state index contributed by atoms with van der Waals surface area (Å²) in [6.07, 6.45) is 1.68. The van der Waals surface area contributed by atoms with Crippen molar-refractivity contribution in [3.63, 3.8) is 0 Å². The first-order valence-corrected chi connectivity index (χ1v) is 11.7. The van der Waals surface area contributed by atoms with Gasteiger partial charge in [0.25, 0.3) is 5.91 Å². The van der Waals surface area contributed by atoms with Gasteiger partial charge in [-0.15, -0.1) is 0 Å². The van der Waals surface area contributed by atoms with Gasteiger partial charge < -0.3 is 15.0 Å². The summed E-state index contributed by atoms with van der Waals surface area (Å²) in [6, 6.07) is 9.53. The lowest BCUT2D eigenvalue weighted by molar-refractivity contribution is -0.116. The first-order chi connectivity index (χ1) is 14.5. The lowest BCUT2D eigenvalue weighted by Gasteiger charge is -2.22. The number of nitrogens with one attached hydrogen (secondary N) is 1. The smallest absolute Gasteiger partial charge is 0.254 e. The number of fused-ring (bicyclic) bond motifs is 1. The van der Waals surface area contributed by atoms with Crippen LogP contribution in [-0.4, -0.2) is 58.1 Å². The molecule has 0 spiro atoms. The van der Waals surface area contributed by atoms with Crippen molar-refractivity contribution >= 4 is 44.8 Å². The molecule has 0 aromatic heterocycles. The Bertz CT molecular complexity index is 1140. The molecule has 0 fully saturated rings. The molecule has 1 heterocycles. The van der Waals surface area contributed by atoms with Crippen LogP contribution in [0.15, 0.2) is 36.4 Å². The van der Waals surface area contributed by atoms with Gasteiger partial charge >= 0.3 is 0 Å². The highest BCUT2D eigenvalue weighted by molar-refractivity contribution is 7.92. The minimum Gasteiger partial charge on any atom is -0.495 e. The van der Waals surface area contributed by atoms with Gasteiger partial charge in [0.15, 0.2) is 0 Å². The molecule has 1 atom stereocenters. The predicted molar refractivity (Wildman–Crippen MR) is 121 cm³/mol. The summed E-state index contributed by atoms with van der Waals surface area (Å²) in [5.74, 6) is -0.300. The molecule has 0 radical (unpaired) electrons. The molecule has 2 amide bonds. The van der Waals surface area contributed by atoms with Gasteiger partial charge in [-0.1, -0.05) is 11.6 Å². The lowest BCUT2D eigenvalue weighted by Crippen LogP contribution is -2.35. The Kier molecular flexibility index (Phi) is 6.47. The Balaban J connectivity index is 1.72. The summed E-state index contributed by atoms with van der Waals surface area (Å²) in [5.41, 5.74) is 2.16. The van der Waals surface area contributed by atoms with E-state index in [9.17, 15) is 18.0 Å². The fourth-order valence-corrected chi connectivity index (χ4v) is 5.15. The molecule has 10 heteroatoms. The van der Waals surface area contributed by atoms with Crippen molar-refractivity contribution < 1.29 is 22.7 Å². The molecule has 0 saturated heterocycles. The molecule has 1 aliphatic rings. The van der Waals surface area contributed by atoms with E-state index in [1.807, 2.05) is 6.92 Å². The van der Waals surface area contributed by atoms with Crippen LogP contribution in [0.25, 0.3) is 0 Å². The Hall–Kier alpha value is -2.78. The van der Waals surface area contributed by atoms with Crippen molar-refractivity contribution in [2.24, 2.45) is 0 Å². The number of carbonyl (C=O) groups excluding carboxylic acids is 2. The van der Waals surface area contributed by atoms with Crippen molar-refractivity contribution in [1.29, 1.82) is 0 Å². The van der Waals surface area contributed by atoms with Gasteiger partial charge in [-0.05, 0) is 55.3 Å². The third kappa shape index (κ3) is 4.94. The highest BCUT2D eigenvalue weighted by atomic mass is 35.5. The molecule has 1 aliphatic heterocycles. The summed E-state index contributed by atoms with van der Waals surface area (Å²) in [5, 5.41) is 3.13. The van der Waals surface area contributed by atoms with Crippen LogP contribution in [0.1, 0.15) is 22.8 Å². The minimum absolute atomic E-state index is 0.183. The molecule has 2 aromatic carbocycles.